The summed E-state index contributed by atoms with van der Waals surface area (Å²) in [5.41, 5.74) is -0.303. The summed E-state index contributed by atoms with van der Waals surface area (Å²) in [5, 5.41) is 9.40. The van der Waals surface area contributed by atoms with E-state index < -0.39 is 29.6 Å². The number of likely N-dealkylation sites (tertiary alicyclic amines) is 1. The van der Waals surface area contributed by atoms with Crippen LogP contribution in [0.3, 0.4) is 0 Å². The summed E-state index contributed by atoms with van der Waals surface area (Å²) in [4.78, 5) is 47.8. The first-order valence-corrected chi connectivity index (χ1v) is 14.3. The van der Waals surface area contributed by atoms with Crippen molar-refractivity contribution < 1.29 is 24.2 Å². The molecule has 8 nitrogen and oxygen atoms in total. The average molecular weight is 538 g/mol. The molecule has 3 amide bonds. The van der Waals surface area contributed by atoms with Crippen molar-refractivity contribution in [3.05, 3.63) is 55.6 Å². The number of unbranched alkanes of at least 4 members (excludes halogenated alkanes) is 1. The van der Waals surface area contributed by atoms with Crippen LogP contribution in [0, 0.1) is 11.8 Å². The predicted octanol–water partition coefficient (Wildman–Crippen LogP) is 3.56. The number of hydrogen-bond donors (Lipinski definition) is 1. The number of carbonyl (C=O) groups is 3. The molecule has 8 heteroatoms. The van der Waals surface area contributed by atoms with Gasteiger partial charge in [-0.3, -0.25) is 14.4 Å². The topological polar surface area (TPSA) is 90.4 Å². The number of carbonyl (C=O) groups excluding carboxylic acids is 3. The SMILES string of the molecule is C=CCN(C(=O)[C@@H]1[C@H]2C(=O)N(CCCCO)C(C(=O)N(CC=C)C(C)CCC)C23CC[C@H]1O3)c1ccccc1. The summed E-state index contributed by atoms with van der Waals surface area (Å²) in [6, 6.07) is 8.56. The van der Waals surface area contributed by atoms with Crippen LogP contribution in [0.25, 0.3) is 0 Å². The second-order valence-electron chi connectivity index (χ2n) is 11.0. The molecule has 3 aliphatic heterocycles. The molecule has 0 saturated carbocycles. The molecule has 212 valence electrons. The van der Waals surface area contributed by atoms with E-state index in [-0.39, 0.29) is 30.4 Å². The first-order valence-electron chi connectivity index (χ1n) is 14.3. The van der Waals surface area contributed by atoms with E-state index in [0.29, 0.717) is 45.3 Å². The van der Waals surface area contributed by atoms with Crippen molar-refractivity contribution >= 4 is 23.4 Å². The quantitative estimate of drug-likeness (QED) is 0.290. The first-order chi connectivity index (χ1) is 18.9. The first kappa shape index (κ1) is 29.0. The van der Waals surface area contributed by atoms with E-state index in [9.17, 15) is 19.5 Å². The Kier molecular flexibility index (Phi) is 9.28. The monoisotopic (exact) mass is 537 g/mol. The average Bonchev–Trinajstić information content (AvgIpc) is 3.58. The van der Waals surface area contributed by atoms with Crippen LogP contribution in [0.15, 0.2) is 55.6 Å². The summed E-state index contributed by atoms with van der Waals surface area (Å²) >= 11 is 0. The molecule has 0 radical (unpaired) electrons. The van der Waals surface area contributed by atoms with Gasteiger partial charge in [0, 0.05) is 38.0 Å². The zero-order valence-corrected chi connectivity index (χ0v) is 23.3. The van der Waals surface area contributed by atoms with Crippen LogP contribution in [-0.2, 0) is 19.1 Å². The van der Waals surface area contributed by atoms with Gasteiger partial charge in [0.2, 0.25) is 17.7 Å². The van der Waals surface area contributed by atoms with E-state index in [1.807, 2.05) is 42.2 Å². The van der Waals surface area contributed by atoms with Gasteiger partial charge in [-0.2, -0.15) is 0 Å². The molecular weight excluding hydrogens is 494 g/mol. The van der Waals surface area contributed by atoms with Gasteiger partial charge in [-0.15, -0.1) is 13.2 Å². The van der Waals surface area contributed by atoms with Gasteiger partial charge in [0.25, 0.3) is 0 Å². The maximum Gasteiger partial charge on any atom is 0.248 e. The third-order valence-corrected chi connectivity index (χ3v) is 8.62. The number of para-hydroxylation sites is 1. The minimum absolute atomic E-state index is 0.0125. The number of nitrogens with zero attached hydrogens (tertiary/aromatic N) is 3. The Labute approximate surface area is 232 Å². The summed E-state index contributed by atoms with van der Waals surface area (Å²) < 4.78 is 6.63. The highest BCUT2D eigenvalue weighted by Gasteiger charge is 2.74. The lowest BCUT2D eigenvalue weighted by Gasteiger charge is -2.39. The normalized spacial score (nSPS) is 27.8. The Balaban J connectivity index is 1.73. The van der Waals surface area contributed by atoms with Gasteiger partial charge in [-0.1, -0.05) is 43.7 Å². The Bertz CT molecular complexity index is 1060. The fourth-order valence-electron chi connectivity index (χ4n) is 6.94. The van der Waals surface area contributed by atoms with Crippen molar-refractivity contribution in [1.82, 2.24) is 9.80 Å². The summed E-state index contributed by atoms with van der Waals surface area (Å²) in [5.74, 6) is -1.91. The van der Waals surface area contributed by atoms with Crippen LogP contribution < -0.4 is 4.90 Å². The third-order valence-electron chi connectivity index (χ3n) is 8.62. The van der Waals surface area contributed by atoms with E-state index in [1.54, 1.807) is 22.0 Å². The molecule has 2 bridgehead atoms. The molecule has 39 heavy (non-hydrogen) atoms. The number of aliphatic hydroxyl groups excluding tert-OH is 1. The number of hydrogen-bond acceptors (Lipinski definition) is 5. The molecule has 3 aliphatic rings. The van der Waals surface area contributed by atoms with Crippen molar-refractivity contribution in [3.63, 3.8) is 0 Å². The fraction of sp³-hybridized carbons (Fsp3) is 0.581. The lowest BCUT2D eigenvalue weighted by atomic mass is 9.70. The predicted molar refractivity (Wildman–Crippen MR) is 151 cm³/mol. The lowest BCUT2D eigenvalue weighted by molar-refractivity contribution is -0.149. The van der Waals surface area contributed by atoms with Gasteiger partial charge in [-0.05, 0) is 51.2 Å². The second-order valence-corrected chi connectivity index (χ2v) is 11.0. The molecule has 6 atom stereocenters. The molecule has 3 saturated heterocycles. The molecule has 3 heterocycles. The van der Waals surface area contributed by atoms with E-state index in [1.165, 1.54) is 0 Å². The van der Waals surface area contributed by atoms with Crippen LogP contribution in [-0.4, -0.2) is 82.7 Å². The van der Waals surface area contributed by atoms with Gasteiger partial charge < -0.3 is 24.5 Å². The Morgan fingerprint density at radius 3 is 2.54 bits per heavy atom. The standard InChI is InChI=1S/C31H43N3O5/c1-5-13-22(4)32(18-6-2)30(38)27-31-17-16-24(39-31)25(26(31)29(37)34(27)20-11-12-21-35)28(36)33(19-7-3)23-14-9-8-10-15-23/h6-10,14-15,22,24-27,35H,2-3,5,11-13,16-21H2,1,4H3/t22?,24-,25+,26+,27?,31?/m1/s1. The lowest BCUT2D eigenvalue weighted by Crippen LogP contribution is -2.58. The molecule has 4 rings (SSSR count). The number of benzene rings is 1. The summed E-state index contributed by atoms with van der Waals surface area (Å²) in [6.07, 6.45) is 7.01. The van der Waals surface area contributed by atoms with Crippen molar-refractivity contribution in [2.24, 2.45) is 11.8 Å². The van der Waals surface area contributed by atoms with Crippen molar-refractivity contribution in [1.29, 1.82) is 0 Å². The van der Waals surface area contributed by atoms with Gasteiger partial charge in [-0.25, -0.2) is 0 Å². The Morgan fingerprint density at radius 1 is 1.18 bits per heavy atom. The fourth-order valence-corrected chi connectivity index (χ4v) is 6.94. The van der Waals surface area contributed by atoms with Crippen molar-refractivity contribution in [3.8, 4) is 0 Å². The van der Waals surface area contributed by atoms with Gasteiger partial charge in [0.05, 0.1) is 17.9 Å². The molecule has 3 unspecified atom stereocenters. The zero-order valence-electron chi connectivity index (χ0n) is 23.3. The molecule has 3 fully saturated rings. The zero-order chi connectivity index (χ0) is 28.2. The Hall–Kier alpha value is -2.97. The summed E-state index contributed by atoms with van der Waals surface area (Å²) in [7, 11) is 0. The summed E-state index contributed by atoms with van der Waals surface area (Å²) in [6.45, 7) is 12.9. The number of anilines is 1. The molecule has 0 aliphatic carbocycles. The number of amides is 3. The highest BCUT2D eigenvalue weighted by molar-refractivity contribution is 6.03. The highest BCUT2D eigenvalue weighted by Crippen LogP contribution is 2.59. The highest BCUT2D eigenvalue weighted by atomic mass is 16.5. The van der Waals surface area contributed by atoms with Gasteiger partial charge in [0.1, 0.15) is 11.6 Å². The maximum atomic E-state index is 14.3. The van der Waals surface area contributed by atoms with Gasteiger partial charge >= 0.3 is 0 Å². The molecule has 1 spiro atoms. The van der Waals surface area contributed by atoms with Crippen LogP contribution >= 0.6 is 0 Å². The number of fused-ring (bicyclic) bond motifs is 1. The van der Waals surface area contributed by atoms with Crippen molar-refractivity contribution in [2.75, 3.05) is 31.1 Å². The number of aliphatic hydroxyl groups is 1. The minimum atomic E-state index is -1.04. The third kappa shape index (κ3) is 5.16. The Morgan fingerprint density at radius 2 is 1.90 bits per heavy atom. The molecular formula is C31H43N3O5. The van der Waals surface area contributed by atoms with E-state index in [4.69, 9.17) is 4.74 Å². The molecule has 1 N–H and O–H groups in total. The van der Waals surface area contributed by atoms with Crippen LogP contribution in [0.5, 0.6) is 0 Å². The minimum Gasteiger partial charge on any atom is -0.396 e. The maximum absolute atomic E-state index is 14.3. The van der Waals surface area contributed by atoms with E-state index in [0.717, 1.165) is 18.5 Å². The van der Waals surface area contributed by atoms with Crippen LogP contribution in [0.1, 0.15) is 52.4 Å². The van der Waals surface area contributed by atoms with Gasteiger partial charge in [0.15, 0.2) is 0 Å². The largest absolute Gasteiger partial charge is 0.396 e. The molecule has 1 aromatic rings. The smallest absolute Gasteiger partial charge is 0.248 e. The van der Waals surface area contributed by atoms with Crippen LogP contribution in [0.4, 0.5) is 5.69 Å². The number of rotatable bonds is 14. The second kappa shape index (κ2) is 12.5. The molecule has 1 aromatic carbocycles. The van der Waals surface area contributed by atoms with E-state index >= 15 is 0 Å². The van der Waals surface area contributed by atoms with E-state index in [2.05, 4.69) is 20.1 Å². The van der Waals surface area contributed by atoms with Crippen LogP contribution in [0.2, 0.25) is 0 Å². The molecule has 0 aromatic heterocycles. The van der Waals surface area contributed by atoms with Crippen molar-refractivity contribution in [2.45, 2.75) is 76.2 Å². The number of ether oxygens (including phenoxy) is 1.